The lowest BCUT2D eigenvalue weighted by molar-refractivity contribution is 0.134. The second-order valence-electron chi connectivity index (χ2n) is 10.0. The van der Waals surface area contributed by atoms with E-state index in [4.69, 9.17) is 44.1 Å². The standard InChI is InChI=1S/2C14H17ClN4OS/c2*1-9-7-12(18-14(16)17-9)19-4-2-5-20-8-11(19)10-3-6-21-13(10)15/h2*3,6-7,11H,2,4-5,8H2,1H3,(H2,16,17,18)/t2*11-/m10/s1. The minimum atomic E-state index is 0.0555. The molecule has 4 aromatic rings. The van der Waals surface area contributed by atoms with E-state index >= 15 is 0 Å². The van der Waals surface area contributed by atoms with Crippen LogP contribution in [0.2, 0.25) is 8.67 Å². The fourth-order valence-corrected chi connectivity index (χ4v) is 7.18. The molecule has 2 aliphatic heterocycles. The monoisotopic (exact) mass is 648 g/mol. The average molecular weight is 650 g/mol. The molecule has 14 heteroatoms. The number of nitrogen functional groups attached to an aromatic ring is 2. The van der Waals surface area contributed by atoms with Crippen molar-refractivity contribution in [3.8, 4) is 0 Å². The van der Waals surface area contributed by atoms with E-state index in [-0.39, 0.29) is 12.1 Å². The summed E-state index contributed by atoms with van der Waals surface area (Å²) in [5.41, 5.74) is 15.5. The van der Waals surface area contributed by atoms with E-state index in [0.29, 0.717) is 25.1 Å². The van der Waals surface area contributed by atoms with Gasteiger partial charge in [-0.1, -0.05) is 23.2 Å². The van der Waals surface area contributed by atoms with Crippen LogP contribution >= 0.6 is 45.9 Å². The van der Waals surface area contributed by atoms with Gasteiger partial charge in [0.15, 0.2) is 0 Å². The van der Waals surface area contributed by atoms with Crippen LogP contribution in [-0.4, -0.2) is 59.5 Å². The highest BCUT2D eigenvalue weighted by atomic mass is 35.5. The predicted molar refractivity (Wildman–Crippen MR) is 172 cm³/mol. The third-order valence-electron chi connectivity index (χ3n) is 6.99. The zero-order chi connectivity index (χ0) is 29.6. The molecule has 42 heavy (non-hydrogen) atoms. The van der Waals surface area contributed by atoms with Crippen molar-refractivity contribution in [2.45, 2.75) is 38.8 Å². The van der Waals surface area contributed by atoms with E-state index < -0.39 is 0 Å². The predicted octanol–water partition coefficient (Wildman–Crippen LogP) is 6.10. The molecule has 4 aromatic heterocycles. The highest BCUT2D eigenvalue weighted by Gasteiger charge is 2.28. The summed E-state index contributed by atoms with van der Waals surface area (Å²) in [6.07, 6.45) is 1.89. The maximum absolute atomic E-state index is 6.32. The van der Waals surface area contributed by atoms with Crippen LogP contribution in [0.25, 0.3) is 0 Å². The van der Waals surface area contributed by atoms with E-state index in [0.717, 1.165) is 82.0 Å². The van der Waals surface area contributed by atoms with Crippen molar-refractivity contribution in [1.82, 2.24) is 19.9 Å². The Hall–Kier alpha value is -2.74. The quantitative estimate of drug-likeness (QED) is 0.268. The van der Waals surface area contributed by atoms with Crippen LogP contribution in [0.3, 0.4) is 0 Å². The summed E-state index contributed by atoms with van der Waals surface area (Å²) < 4.78 is 13.1. The second-order valence-corrected chi connectivity index (χ2v) is 13.1. The van der Waals surface area contributed by atoms with E-state index in [9.17, 15) is 0 Å². The topological polar surface area (TPSA) is 129 Å². The van der Waals surface area contributed by atoms with Gasteiger partial charge in [-0.15, -0.1) is 22.7 Å². The number of rotatable bonds is 4. The van der Waals surface area contributed by atoms with Gasteiger partial charge >= 0.3 is 0 Å². The lowest BCUT2D eigenvalue weighted by Gasteiger charge is -2.30. The van der Waals surface area contributed by atoms with E-state index in [1.165, 1.54) is 22.7 Å². The molecule has 4 N–H and O–H groups in total. The zero-order valence-electron chi connectivity index (χ0n) is 23.5. The number of aryl methyl sites for hydroxylation is 2. The molecular formula is C28H34Cl2N8O2S2. The van der Waals surface area contributed by atoms with Crippen molar-refractivity contribution in [3.05, 3.63) is 66.2 Å². The third-order valence-corrected chi connectivity index (χ3v) is 9.39. The summed E-state index contributed by atoms with van der Waals surface area (Å²) >= 11 is 15.7. The molecule has 0 spiro atoms. The normalized spacial score (nSPS) is 19.5. The molecule has 0 amide bonds. The number of nitrogens with zero attached hydrogens (tertiary/aromatic N) is 6. The van der Waals surface area contributed by atoms with Gasteiger partial charge in [0.25, 0.3) is 0 Å². The first-order valence-corrected chi connectivity index (χ1v) is 16.2. The Morgan fingerprint density at radius 3 is 1.52 bits per heavy atom. The smallest absolute Gasteiger partial charge is 0.222 e. The lowest BCUT2D eigenvalue weighted by Crippen LogP contribution is -2.31. The maximum Gasteiger partial charge on any atom is 0.222 e. The SMILES string of the molecule is Cc1cc(N2CCCOC[C@@H]2c2ccsc2Cl)nc(N)n1.Cc1cc(N2CCCOC[C@H]2c2ccsc2Cl)nc(N)n1. The second kappa shape index (κ2) is 14.2. The number of nitrogens with two attached hydrogens (primary N) is 2. The molecule has 2 atom stereocenters. The van der Waals surface area contributed by atoms with Crippen molar-refractivity contribution < 1.29 is 9.47 Å². The van der Waals surface area contributed by atoms with E-state index in [2.05, 4.69) is 41.9 Å². The Bertz CT molecular complexity index is 1340. The van der Waals surface area contributed by atoms with Gasteiger partial charge in [0, 0.05) is 61.0 Å². The number of ether oxygens (including phenoxy) is 2. The Labute approximate surface area is 263 Å². The number of hydrogen-bond acceptors (Lipinski definition) is 12. The van der Waals surface area contributed by atoms with E-state index in [1.54, 1.807) is 0 Å². The van der Waals surface area contributed by atoms with Crippen molar-refractivity contribution >= 4 is 69.4 Å². The van der Waals surface area contributed by atoms with Crippen LogP contribution in [-0.2, 0) is 9.47 Å². The fraction of sp³-hybridized carbons (Fsp3) is 0.429. The van der Waals surface area contributed by atoms with Crippen LogP contribution in [0.4, 0.5) is 23.5 Å². The van der Waals surface area contributed by atoms with Gasteiger partial charge in [0.05, 0.1) is 34.0 Å². The van der Waals surface area contributed by atoms with Gasteiger partial charge in [-0.25, -0.2) is 9.97 Å². The van der Waals surface area contributed by atoms with Gasteiger partial charge in [-0.05, 0) is 49.6 Å². The highest BCUT2D eigenvalue weighted by molar-refractivity contribution is 7.14. The van der Waals surface area contributed by atoms with Crippen LogP contribution in [0.15, 0.2) is 35.0 Å². The van der Waals surface area contributed by atoms with Crippen LogP contribution in [0, 0.1) is 13.8 Å². The molecule has 0 aliphatic carbocycles. The van der Waals surface area contributed by atoms with Gasteiger partial charge in [-0.3, -0.25) is 0 Å². The molecule has 0 radical (unpaired) electrons. The molecule has 2 aliphatic rings. The van der Waals surface area contributed by atoms with Crippen LogP contribution in [0.1, 0.15) is 47.4 Å². The van der Waals surface area contributed by atoms with Gasteiger partial charge in [0.2, 0.25) is 11.9 Å². The minimum Gasteiger partial charge on any atom is -0.379 e. The lowest BCUT2D eigenvalue weighted by atomic mass is 10.1. The van der Waals surface area contributed by atoms with E-state index in [1.807, 2.05) is 36.7 Å². The Morgan fingerprint density at radius 2 is 1.17 bits per heavy atom. The first kappa shape index (κ1) is 30.7. The molecule has 10 nitrogen and oxygen atoms in total. The highest BCUT2D eigenvalue weighted by Crippen LogP contribution is 2.37. The number of thiophene rings is 2. The van der Waals surface area contributed by atoms with Crippen LogP contribution in [0.5, 0.6) is 0 Å². The molecule has 224 valence electrons. The minimum absolute atomic E-state index is 0.0555. The summed E-state index contributed by atoms with van der Waals surface area (Å²) in [6, 6.07) is 8.12. The molecule has 2 fully saturated rings. The van der Waals surface area contributed by atoms with Crippen LogP contribution < -0.4 is 21.3 Å². The van der Waals surface area contributed by atoms with Crippen molar-refractivity contribution in [1.29, 1.82) is 0 Å². The third kappa shape index (κ3) is 7.42. The molecular weight excluding hydrogens is 615 g/mol. The largest absolute Gasteiger partial charge is 0.379 e. The first-order valence-electron chi connectivity index (χ1n) is 13.7. The summed E-state index contributed by atoms with van der Waals surface area (Å²) in [7, 11) is 0. The summed E-state index contributed by atoms with van der Waals surface area (Å²) in [6.45, 7) is 8.23. The van der Waals surface area contributed by atoms with Crippen molar-refractivity contribution in [3.63, 3.8) is 0 Å². The Balaban J connectivity index is 0.000000168. The van der Waals surface area contributed by atoms with Gasteiger partial charge in [0.1, 0.15) is 11.6 Å². The van der Waals surface area contributed by atoms with Gasteiger partial charge in [-0.2, -0.15) is 9.97 Å². The van der Waals surface area contributed by atoms with Gasteiger partial charge < -0.3 is 30.7 Å². The Kier molecular flexibility index (Phi) is 10.3. The average Bonchev–Trinajstić information content (AvgIpc) is 3.37. The zero-order valence-corrected chi connectivity index (χ0v) is 26.6. The Morgan fingerprint density at radius 1 is 0.738 bits per heavy atom. The summed E-state index contributed by atoms with van der Waals surface area (Å²) in [5.74, 6) is 2.26. The first-order chi connectivity index (χ1) is 20.3. The number of hydrogen-bond donors (Lipinski definition) is 2. The molecule has 2 saturated heterocycles. The molecule has 0 saturated carbocycles. The molecule has 0 aromatic carbocycles. The van der Waals surface area contributed by atoms with Crippen molar-refractivity contribution in [2.75, 3.05) is 60.8 Å². The summed E-state index contributed by atoms with van der Waals surface area (Å²) in [5, 5.41) is 4.00. The van der Waals surface area contributed by atoms with Crippen molar-refractivity contribution in [2.24, 2.45) is 0 Å². The number of halogens is 2. The molecule has 6 rings (SSSR count). The fourth-order valence-electron chi connectivity index (χ4n) is 5.15. The molecule has 0 unspecified atom stereocenters. The summed E-state index contributed by atoms with van der Waals surface area (Å²) in [4.78, 5) is 21.5. The number of aromatic nitrogens is 4. The maximum atomic E-state index is 6.32. The number of anilines is 4. The molecule has 0 bridgehead atoms. The molecule has 6 heterocycles.